The minimum atomic E-state index is -0.413. The molecule has 3 rings (SSSR count). The molecule has 1 amide bonds. The highest BCUT2D eigenvalue weighted by Crippen LogP contribution is 2.22. The van der Waals surface area contributed by atoms with Crippen LogP contribution in [0.15, 0.2) is 36.5 Å². The Hall–Kier alpha value is -3.49. The van der Waals surface area contributed by atoms with Gasteiger partial charge in [-0.15, -0.1) is 0 Å². The van der Waals surface area contributed by atoms with Crippen molar-refractivity contribution in [3.8, 4) is 0 Å². The van der Waals surface area contributed by atoms with E-state index in [2.05, 4.69) is 10.2 Å². The number of carbonyl (C=O) groups is 1. The molecule has 0 atom stereocenters. The van der Waals surface area contributed by atoms with Crippen molar-refractivity contribution in [1.82, 2.24) is 24.5 Å². The van der Waals surface area contributed by atoms with Gasteiger partial charge in [-0.1, -0.05) is 12.1 Å². The molecule has 0 aliphatic heterocycles. The fraction of sp³-hybridized carbons (Fsp3) is 0.350. The van der Waals surface area contributed by atoms with Gasteiger partial charge in [-0.05, 0) is 44.5 Å². The number of hydrogen-bond acceptors (Lipinski definition) is 5. The number of rotatable bonds is 7. The molecule has 1 aromatic carbocycles. The zero-order valence-corrected chi connectivity index (χ0v) is 17.0. The summed E-state index contributed by atoms with van der Waals surface area (Å²) in [4.78, 5) is 25.3. The Bertz CT molecular complexity index is 1050. The molecule has 0 radical (unpaired) electrons. The maximum atomic E-state index is 12.9. The first-order valence-corrected chi connectivity index (χ1v) is 9.35. The molecule has 0 unspecified atom stereocenters. The Labute approximate surface area is 168 Å². The Kier molecular flexibility index (Phi) is 5.76. The van der Waals surface area contributed by atoms with Crippen molar-refractivity contribution in [3.63, 3.8) is 0 Å². The van der Waals surface area contributed by atoms with Crippen LogP contribution in [0.5, 0.6) is 0 Å². The number of amides is 1. The van der Waals surface area contributed by atoms with E-state index in [9.17, 15) is 14.9 Å². The summed E-state index contributed by atoms with van der Waals surface area (Å²) in [5, 5.41) is 19.7. The SMILES string of the molecule is CCn1nccc1CN(C)C(=O)c1cccc(Cn2nc(C)c([N+](=O)[O-])c2C)c1. The molecule has 0 saturated carbocycles. The number of nitro groups is 1. The molecule has 0 saturated heterocycles. The molecule has 0 spiro atoms. The fourth-order valence-corrected chi connectivity index (χ4v) is 3.40. The van der Waals surface area contributed by atoms with Gasteiger partial charge in [0.15, 0.2) is 0 Å². The minimum absolute atomic E-state index is 0.0319. The van der Waals surface area contributed by atoms with Crippen LogP contribution in [-0.4, -0.2) is 42.3 Å². The molecule has 0 aliphatic rings. The molecule has 2 aromatic heterocycles. The molecule has 3 aromatic rings. The molecule has 29 heavy (non-hydrogen) atoms. The van der Waals surface area contributed by atoms with Gasteiger partial charge in [0.1, 0.15) is 11.4 Å². The lowest BCUT2D eigenvalue weighted by Crippen LogP contribution is -2.27. The largest absolute Gasteiger partial charge is 0.336 e. The van der Waals surface area contributed by atoms with Gasteiger partial charge in [0.25, 0.3) is 5.91 Å². The van der Waals surface area contributed by atoms with Crippen molar-refractivity contribution >= 4 is 11.6 Å². The number of carbonyl (C=O) groups excluding carboxylic acids is 1. The normalized spacial score (nSPS) is 10.9. The van der Waals surface area contributed by atoms with E-state index < -0.39 is 4.92 Å². The Morgan fingerprint density at radius 3 is 2.66 bits per heavy atom. The summed E-state index contributed by atoms with van der Waals surface area (Å²) in [6.07, 6.45) is 1.73. The lowest BCUT2D eigenvalue weighted by atomic mass is 10.1. The van der Waals surface area contributed by atoms with Crippen LogP contribution in [0.4, 0.5) is 5.69 Å². The summed E-state index contributed by atoms with van der Waals surface area (Å²) in [6.45, 7) is 6.86. The molecule has 9 nitrogen and oxygen atoms in total. The summed E-state index contributed by atoms with van der Waals surface area (Å²) in [7, 11) is 1.76. The monoisotopic (exact) mass is 396 g/mol. The average molecular weight is 396 g/mol. The summed E-state index contributed by atoms with van der Waals surface area (Å²) < 4.78 is 3.45. The Balaban J connectivity index is 1.78. The number of aromatic nitrogens is 4. The van der Waals surface area contributed by atoms with Gasteiger partial charge >= 0.3 is 5.69 Å². The summed E-state index contributed by atoms with van der Waals surface area (Å²) in [5.41, 5.74) is 3.28. The highest BCUT2D eigenvalue weighted by Gasteiger charge is 2.22. The van der Waals surface area contributed by atoms with Crippen molar-refractivity contribution < 1.29 is 9.72 Å². The summed E-state index contributed by atoms with van der Waals surface area (Å²) in [5.74, 6) is -0.102. The van der Waals surface area contributed by atoms with E-state index >= 15 is 0 Å². The minimum Gasteiger partial charge on any atom is -0.336 e. The predicted octanol–water partition coefficient (Wildman–Crippen LogP) is 2.95. The molecule has 0 N–H and O–H groups in total. The van der Waals surface area contributed by atoms with Gasteiger partial charge < -0.3 is 4.90 Å². The first-order chi connectivity index (χ1) is 13.8. The van der Waals surface area contributed by atoms with Crippen LogP contribution >= 0.6 is 0 Å². The Morgan fingerprint density at radius 1 is 1.24 bits per heavy atom. The molecule has 2 heterocycles. The third-order valence-electron chi connectivity index (χ3n) is 4.88. The lowest BCUT2D eigenvalue weighted by molar-refractivity contribution is -0.386. The number of nitrogens with zero attached hydrogens (tertiary/aromatic N) is 6. The van der Waals surface area contributed by atoms with Crippen LogP contribution in [0.2, 0.25) is 0 Å². The third kappa shape index (κ3) is 4.18. The number of benzene rings is 1. The van der Waals surface area contributed by atoms with Crippen molar-refractivity contribution in [2.24, 2.45) is 0 Å². The van der Waals surface area contributed by atoms with E-state index in [0.29, 0.717) is 30.0 Å². The van der Waals surface area contributed by atoms with Crippen LogP contribution in [-0.2, 0) is 19.6 Å². The fourth-order valence-electron chi connectivity index (χ4n) is 3.40. The maximum Gasteiger partial charge on any atom is 0.312 e. The van der Waals surface area contributed by atoms with Crippen molar-refractivity contribution in [3.05, 3.63) is 74.9 Å². The Morgan fingerprint density at radius 2 is 2.00 bits per heavy atom. The van der Waals surface area contributed by atoms with Crippen molar-refractivity contribution in [2.75, 3.05) is 7.05 Å². The van der Waals surface area contributed by atoms with Crippen LogP contribution in [0.1, 0.15) is 39.9 Å². The quantitative estimate of drug-likeness (QED) is 0.452. The van der Waals surface area contributed by atoms with E-state index in [4.69, 9.17) is 0 Å². The molecule has 0 bridgehead atoms. The van der Waals surface area contributed by atoms with Gasteiger partial charge in [-0.2, -0.15) is 10.2 Å². The predicted molar refractivity (Wildman–Crippen MR) is 108 cm³/mol. The highest BCUT2D eigenvalue weighted by atomic mass is 16.6. The smallest absolute Gasteiger partial charge is 0.312 e. The van der Waals surface area contributed by atoms with Crippen LogP contribution in [0.3, 0.4) is 0 Å². The van der Waals surface area contributed by atoms with E-state index in [0.717, 1.165) is 17.8 Å². The molecule has 0 aliphatic carbocycles. The first kappa shape index (κ1) is 20.2. The van der Waals surface area contributed by atoms with Gasteiger partial charge in [-0.3, -0.25) is 24.3 Å². The lowest BCUT2D eigenvalue weighted by Gasteiger charge is -2.18. The molecular weight excluding hydrogens is 372 g/mol. The molecule has 9 heteroatoms. The van der Waals surface area contributed by atoms with Gasteiger partial charge in [-0.25, -0.2) is 0 Å². The van der Waals surface area contributed by atoms with Crippen LogP contribution in [0, 0.1) is 24.0 Å². The van der Waals surface area contributed by atoms with Gasteiger partial charge in [0.2, 0.25) is 0 Å². The van der Waals surface area contributed by atoms with E-state index in [-0.39, 0.29) is 11.6 Å². The molecular formula is C20H24N6O3. The second-order valence-corrected chi connectivity index (χ2v) is 6.93. The number of aryl methyl sites for hydroxylation is 2. The zero-order valence-electron chi connectivity index (χ0n) is 17.0. The number of hydrogen-bond donors (Lipinski definition) is 0. The third-order valence-corrected chi connectivity index (χ3v) is 4.88. The van der Waals surface area contributed by atoms with Crippen LogP contribution in [0.25, 0.3) is 0 Å². The highest BCUT2D eigenvalue weighted by molar-refractivity contribution is 5.94. The standard InChI is InChI=1S/C20H24N6O3/c1-5-24-18(9-10-21-24)13-23(4)20(27)17-8-6-7-16(11-17)12-25-15(3)19(26(28)29)14(2)22-25/h6-11H,5,12-13H2,1-4H3. The zero-order chi connectivity index (χ0) is 21.1. The first-order valence-electron chi connectivity index (χ1n) is 9.35. The molecule has 0 fully saturated rings. The topological polar surface area (TPSA) is 99.1 Å². The van der Waals surface area contributed by atoms with Gasteiger partial charge in [0.05, 0.1) is 23.7 Å². The average Bonchev–Trinajstić information content (AvgIpc) is 3.24. The summed E-state index contributed by atoms with van der Waals surface area (Å²) in [6, 6.07) is 9.17. The second-order valence-electron chi connectivity index (χ2n) is 6.93. The summed E-state index contributed by atoms with van der Waals surface area (Å²) >= 11 is 0. The van der Waals surface area contributed by atoms with Crippen LogP contribution < -0.4 is 0 Å². The van der Waals surface area contributed by atoms with Gasteiger partial charge in [0, 0.05) is 25.4 Å². The molecule has 152 valence electrons. The maximum absolute atomic E-state index is 12.9. The van der Waals surface area contributed by atoms with E-state index in [1.54, 1.807) is 48.8 Å². The van der Waals surface area contributed by atoms with Crippen molar-refractivity contribution in [2.45, 2.75) is 40.4 Å². The van der Waals surface area contributed by atoms with Crippen molar-refractivity contribution in [1.29, 1.82) is 0 Å². The second kappa shape index (κ2) is 8.26. The van der Waals surface area contributed by atoms with E-state index in [1.165, 1.54) is 0 Å². The van der Waals surface area contributed by atoms with E-state index in [1.807, 2.05) is 29.8 Å².